The van der Waals surface area contributed by atoms with Gasteiger partial charge in [0.25, 0.3) is 5.91 Å². The zero-order valence-electron chi connectivity index (χ0n) is 14.4. The lowest BCUT2D eigenvalue weighted by Crippen LogP contribution is -2.37. The van der Waals surface area contributed by atoms with Crippen molar-refractivity contribution in [3.63, 3.8) is 0 Å². The standard InChI is InChI=1S/C18H18N6O3/c25-16(13-3-2-8-19-11-13)21-18-20-14-4-1-5-15(24(14)22-18)23-9-6-12(7-10-23)17(26)27/h1-5,8,11-12H,6-7,9-10H2,(H,26,27)(H,21,22,25). The average Bonchev–Trinajstić information content (AvgIpc) is 3.11. The number of carbonyl (C=O) groups excluding carboxylic acids is 1. The fourth-order valence-electron chi connectivity index (χ4n) is 3.21. The summed E-state index contributed by atoms with van der Waals surface area (Å²) < 4.78 is 1.67. The van der Waals surface area contributed by atoms with Crippen LogP contribution in [0.5, 0.6) is 0 Å². The van der Waals surface area contributed by atoms with Gasteiger partial charge in [-0.05, 0) is 37.1 Å². The Hall–Kier alpha value is -3.49. The van der Waals surface area contributed by atoms with Crippen LogP contribution in [-0.4, -0.2) is 49.7 Å². The second-order valence-corrected chi connectivity index (χ2v) is 6.38. The van der Waals surface area contributed by atoms with Crippen LogP contribution in [0.4, 0.5) is 11.8 Å². The number of aliphatic carboxylic acids is 1. The van der Waals surface area contributed by atoms with Gasteiger partial charge in [-0.15, -0.1) is 5.10 Å². The van der Waals surface area contributed by atoms with E-state index in [1.54, 1.807) is 28.9 Å². The highest BCUT2D eigenvalue weighted by molar-refractivity contribution is 6.03. The molecule has 0 spiro atoms. The molecule has 9 heteroatoms. The van der Waals surface area contributed by atoms with Gasteiger partial charge < -0.3 is 10.0 Å². The number of amides is 1. The maximum atomic E-state index is 12.3. The summed E-state index contributed by atoms with van der Waals surface area (Å²) in [5.74, 6) is -0.343. The van der Waals surface area contributed by atoms with Crippen LogP contribution in [0.25, 0.3) is 5.65 Å². The lowest BCUT2D eigenvalue weighted by atomic mass is 9.97. The van der Waals surface area contributed by atoms with E-state index in [0.29, 0.717) is 37.1 Å². The van der Waals surface area contributed by atoms with Gasteiger partial charge in [0, 0.05) is 25.5 Å². The van der Waals surface area contributed by atoms with Crippen LogP contribution in [0.1, 0.15) is 23.2 Å². The number of carboxylic acid groups (broad SMARTS) is 1. The molecule has 3 aromatic rings. The van der Waals surface area contributed by atoms with Crippen LogP contribution >= 0.6 is 0 Å². The summed E-state index contributed by atoms with van der Waals surface area (Å²) in [6, 6.07) is 8.94. The van der Waals surface area contributed by atoms with Gasteiger partial charge in [-0.25, -0.2) is 0 Å². The number of nitrogens with one attached hydrogen (secondary N) is 1. The van der Waals surface area contributed by atoms with Gasteiger partial charge in [-0.2, -0.15) is 9.50 Å². The van der Waals surface area contributed by atoms with E-state index in [0.717, 1.165) is 5.82 Å². The molecule has 0 bridgehead atoms. The molecule has 0 aliphatic carbocycles. The minimum absolute atomic E-state index is 0.205. The van der Waals surface area contributed by atoms with Crippen LogP contribution in [0.2, 0.25) is 0 Å². The average molecular weight is 366 g/mol. The highest BCUT2D eigenvalue weighted by Crippen LogP contribution is 2.24. The molecule has 4 heterocycles. The Morgan fingerprint density at radius 1 is 1.15 bits per heavy atom. The van der Waals surface area contributed by atoms with Gasteiger partial charge >= 0.3 is 5.97 Å². The predicted molar refractivity (Wildman–Crippen MR) is 97.8 cm³/mol. The number of carboxylic acids is 1. The van der Waals surface area contributed by atoms with Crippen LogP contribution in [0.15, 0.2) is 42.7 Å². The molecular formula is C18H18N6O3. The molecule has 27 heavy (non-hydrogen) atoms. The lowest BCUT2D eigenvalue weighted by Gasteiger charge is -2.31. The third-order valence-electron chi connectivity index (χ3n) is 4.66. The number of fused-ring (bicyclic) bond motifs is 1. The SMILES string of the molecule is O=C(Nc1nc2cccc(N3CCC(C(=O)O)CC3)n2n1)c1cccnc1. The highest BCUT2D eigenvalue weighted by atomic mass is 16.4. The first-order valence-electron chi connectivity index (χ1n) is 8.67. The second-order valence-electron chi connectivity index (χ2n) is 6.38. The van der Waals surface area contributed by atoms with Gasteiger partial charge in [-0.3, -0.25) is 19.9 Å². The Morgan fingerprint density at radius 3 is 2.67 bits per heavy atom. The molecule has 0 radical (unpaired) electrons. The summed E-state index contributed by atoms with van der Waals surface area (Å²) in [5.41, 5.74) is 1.03. The largest absolute Gasteiger partial charge is 0.481 e. The van der Waals surface area contributed by atoms with Crippen molar-refractivity contribution in [3.8, 4) is 0 Å². The molecule has 9 nitrogen and oxygen atoms in total. The molecule has 0 saturated carbocycles. The molecule has 1 aliphatic rings. The van der Waals surface area contributed by atoms with Crippen LogP contribution < -0.4 is 10.2 Å². The number of anilines is 2. The molecule has 138 valence electrons. The summed E-state index contributed by atoms with van der Waals surface area (Å²) in [5, 5.41) is 16.2. The van der Waals surface area contributed by atoms with Gasteiger partial charge in [-0.1, -0.05) is 6.07 Å². The summed E-state index contributed by atoms with van der Waals surface area (Å²) in [6.07, 6.45) is 4.25. The molecule has 0 unspecified atom stereocenters. The Labute approximate surface area is 154 Å². The Morgan fingerprint density at radius 2 is 1.96 bits per heavy atom. The maximum absolute atomic E-state index is 12.3. The van der Waals surface area contributed by atoms with Gasteiger partial charge in [0.2, 0.25) is 5.95 Å². The van der Waals surface area contributed by atoms with E-state index in [2.05, 4.69) is 25.3 Å². The maximum Gasteiger partial charge on any atom is 0.306 e. The quantitative estimate of drug-likeness (QED) is 0.722. The topological polar surface area (TPSA) is 113 Å². The van der Waals surface area contributed by atoms with E-state index in [1.165, 1.54) is 6.20 Å². The smallest absolute Gasteiger partial charge is 0.306 e. The van der Waals surface area contributed by atoms with Crippen molar-refractivity contribution in [2.75, 3.05) is 23.3 Å². The van der Waals surface area contributed by atoms with E-state index in [-0.39, 0.29) is 17.8 Å². The molecule has 4 rings (SSSR count). The van der Waals surface area contributed by atoms with Crippen molar-refractivity contribution in [1.82, 2.24) is 19.6 Å². The zero-order chi connectivity index (χ0) is 18.8. The summed E-state index contributed by atoms with van der Waals surface area (Å²) in [7, 11) is 0. The first-order valence-corrected chi connectivity index (χ1v) is 8.67. The predicted octanol–water partition coefficient (Wildman–Crippen LogP) is 1.68. The number of hydrogen-bond donors (Lipinski definition) is 2. The molecular weight excluding hydrogens is 348 g/mol. The van der Waals surface area contributed by atoms with Crippen LogP contribution in [-0.2, 0) is 4.79 Å². The van der Waals surface area contributed by atoms with E-state index in [4.69, 9.17) is 5.11 Å². The number of aromatic nitrogens is 4. The first kappa shape index (κ1) is 17.0. The van der Waals surface area contributed by atoms with Crippen LogP contribution in [0, 0.1) is 5.92 Å². The number of hydrogen-bond acceptors (Lipinski definition) is 6. The van der Waals surface area contributed by atoms with E-state index in [9.17, 15) is 9.59 Å². The molecule has 1 aliphatic heterocycles. The van der Waals surface area contributed by atoms with Gasteiger partial charge in [0.05, 0.1) is 11.5 Å². The summed E-state index contributed by atoms with van der Waals surface area (Å²) in [4.78, 5) is 33.8. The van der Waals surface area contributed by atoms with E-state index in [1.807, 2.05) is 12.1 Å². The van der Waals surface area contributed by atoms with Crippen molar-refractivity contribution in [2.24, 2.45) is 5.92 Å². The summed E-state index contributed by atoms with van der Waals surface area (Å²) in [6.45, 7) is 1.26. The summed E-state index contributed by atoms with van der Waals surface area (Å²) >= 11 is 0. The number of pyridine rings is 2. The Kier molecular flexibility index (Phi) is 4.41. The van der Waals surface area contributed by atoms with E-state index >= 15 is 0 Å². The monoisotopic (exact) mass is 366 g/mol. The lowest BCUT2D eigenvalue weighted by molar-refractivity contribution is -0.142. The van der Waals surface area contributed by atoms with Gasteiger partial charge in [0.1, 0.15) is 5.82 Å². The molecule has 0 atom stereocenters. The van der Waals surface area contributed by atoms with Crippen LogP contribution in [0.3, 0.4) is 0 Å². The first-order chi connectivity index (χ1) is 13.1. The minimum atomic E-state index is -0.742. The molecule has 2 N–H and O–H groups in total. The molecule has 1 amide bonds. The molecule has 0 aromatic carbocycles. The van der Waals surface area contributed by atoms with Crippen molar-refractivity contribution in [1.29, 1.82) is 0 Å². The number of piperidine rings is 1. The third kappa shape index (κ3) is 3.43. The van der Waals surface area contributed by atoms with Crippen molar-refractivity contribution < 1.29 is 14.7 Å². The van der Waals surface area contributed by atoms with Crippen molar-refractivity contribution in [2.45, 2.75) is 12.8 Å². The zero-order valence-corrected chi connectivity index (χ0v) is 14.4. The normalized spacial score (nSPS) is 15.0. The van der Waals surface area contributed by atoms with Gasteiger partial charge in [0.15, 0.2) is 5.65 Å². The highest BCUT2D eigenvalue weighted by Gasteiger charge is 2.26. The second kappa shape index (κ2) is 7.02. The number of carbonyl (C=O) groups is 2. The minimum Gasteiger partial charge on any atom is -0.481 e. The molecule has 1 fully saturated rings. The van der Waals surface area contributed by atoms with E-state index < -0.39 is 5.97 Å². The van der Waals surface area contributed by atoms with Crippen molar-refractivity contribution >= 4 is 29.3 Å². The molecule has 3 aromatic heterocycles. The number of rotatable bonds is 4. The third-order valence-corrected chi connectivity index (χ3v) is 4.66. The Bertz CT molecular complexity index is 979. The van der Waals surface area contributed by atoms with Crippen molar-refractivity contribution in [3.05, 3.63) is 48.3 Å². The Balaban J connectivity index is 1.56. The fraction of sp³-hybridized carbons (Fsp3) is 0.278. The number of nitrogens with zero attached hydrogens (tertiary/aromatic N) is 5. The fourth-order valence-corrected chi connectivity index (χ4v) is 3.21. The molecule has 1 saturated heterocycles.